The number of piperazine rings is 1. The molecule has 2 aromatic heterocycles. The van der Waals surface area contributed by atoms with E-state index in [1.165, 1.54) is 10.7 Å². The van der Waals surface area contributed by atoms with Crippen LogP contribution in [0.5, 0.6) is 0 Å². The highest BCUT2D eigenvalue weighted by Gasteiger charge is 2.32. The number of carbonyl (C=O) groups excluding carboxylic acids is 1. The Morgan fingerprint density at radius 1 is 1.33 bits per heavy atom. The lowest BCUT2D eigenvalue weighted by Gasteiger charge is -2.36. The van der Waals surface area contributed by atoms with Crippen molar-refractivity contribution in [2.75, 3.05) is 26.2 Å². The maximum atomic E-state index is 13.0. The first kappa shape index (κ1) is 19.0. The maximum absolute atomic E-state index is 13.0. The fourth-order valence-electron chi connectivity index (χ4n) is 3.41. The molecule has 27 heavy (non-hydrogen) atoms. The van der Waals surface area contributed by atoms with Crippen molar-refractivity contribution in [3.63, 3.8) is 0 Å². The molecule has 3 heterocycles. The van der Waals surface area contributed by atoms with Gasteiger partial charge in [-0.05, 0) is 29.9 Å². The molecule has 2 aromatic rings. The van der Waals surface area contributed by atoms with E-state index < -0.39 is 11.0 Å². The number of nitrogens with zero attached hydrogens (tertiary/aromatic N) is 6. The van der Waals surface area contributed by atoms with Gasteiger partial charge in [-0.3, -0.25) is 14.7 Å². The van der Waals surface area contributed by atoms with E-state index in [1.54, 1.807) is 13.1 Å². The van der Waals surface area contributed by atoms with Gasteiger partial charge < -0.3 is 15.0 Å². The third-order valence-corrected chi connectivity index (χ3v) is 4.88. The zero-order valence-corrected chi connectivity index (χ0v) is 15.6. The summed E-state index contributed by atoms with van der Waals surface area (Å²) in [4.78, 5) is 31.7. The summed E-state index contributed by atoms with van der Waals surface area (Å²) in [5.41, 5.74) is 1.78. The van der Waals surface area contributed by atoms with Crippen molar-refractivity contribution in [3.8, 4) is 0 Å². The highest BCUT2D eigenvalue weighted by molar-refractivity contribution is 5.80. The van der Waals surface area contributed by atoms with E-state index in [-0.39, 0.29) is 11.7 Å². The first-order valence-electron chi connectivity index (χ1n) is 9.10. The van der Waals surface area contributed by atoms with Crippen LogP contribution in [0.4, 0.5) is 5.82 Å². The Balaban J connectivity index is 1.63. The molecule has 1 atom stereocenters. The molecule has 0 spiro atoms. The highest BCUT2D eigenvalue weighted by atomic mass is 16.6. The van der Waals surface area contributed by atoms with Gasteiger partial charge in [-0.25, -0.2) is 0 Å². The third-order valence-electron chi connectivity index (χ3n) is 4.88. The van der Waals surface area contributed by atoms with Crippen LogP contribution in [0, 0.1) is 17.0 Å². The molecule has 1 aliphatic rings. The van der Waals surface area contributed by atoms with E-state index in [4.69, 9.17) is 0 Å². The Hall–Kier alpha value is -2.81. The van der Waals surface area contributed by atoms with Gasteiger partial charge in [-0.2, -0.15) is 4.68 Å². The van der Waals surface area contributed by atoms with E-state index in [0.717, 1.165) is 25.2 Å². The first-order chi connectivity index (χ1) is 13.0. The Labute approximate surface area is 157 Å². The summed E-state index contributed by atoms with van der Waals surface area (Å²) in [5.74, 6) is -0.250. The average molecular weight is 372 g/mol. The molecule has 0 N–H and O–H groups in total. The standard InChI is InChI=1S/C18H24N6O3/c1-3-16(23-14(2)11-17(20-23)24(26)27)18(25)22-9-7-21(8-10-22)13-15-5-4-6-19-12-15/h4-6,11-12,16H,3,7-10,13H2,1-2H3. The average Bonchev–Trinajstić information content (AvgIpc) is 3.06. The molecule has 1 unspecified atom stereocenters. The Morgan fingerprint density at radius 3 is 2.63 bits per heavy atom. The molecule has 1 fully saturated rings. The minimum Gasteiger partial charge on any atom is -0.358 e. The van der Waals surface area contributed by atoms with E-state index in [2.05, 4.69) is 15.0 Å². The number of hydrogen-bond donors (Lipinski definition) is 0. The number of amides is 1. The van der Waals surface area contributed by atoms with Crippen molar-refractivity contribution in [2.24, 2.45) is 0 Å². The molecule has 0 aliphatic carbocycles. The van der Waals surface area contributed by atoms with Crippen molar-refractivity contribution in [3.05, 3.63) is 52.0 Å². The minimum atomic E-state index is -0.530. The Kier molecular flexibility index (Phi) is 5.80. The van der Waals surface area contributed by atoms with E-state index in [1.807, 2.05) is 30.2 Å². The number of nitro groups is 1. The topological polar surface area (TPSA) is 97.4 Å². The number of aromatic nitrogens is 3. The predicted molar refractivity (Wildman–Crippen MR) is 99.0 cm³/mol. The maximum Gasteiger partial charge on any atom is 0.390 e. The molecule has 1 aliphatic heterocycles. The summed E-state index contributed by atoms with van der Waals surface area (Å²) in [6.45, 7) is 7.30. The van der Waals surface area contributed by atoms with Crippen LogP contribution in [-0.2, 0) is 11.3 Å². The van der Waals surface area contributed by atoms with Crippen molar-refractivity contribution < 1.29 is 9.72 Å². The predicted octanol–water partition coefficient (Wildman–Crippen LogP) is 1.79. The zero-order chi connectivity index (χ0) is 19.4. The van der Waals surface area contributed by atoms with Crippen molar-refractivity contribution >= 4 is 11.7 Å². The van der Waals surface area contributed by atoms with Gasteiger partial charge in [0.25, 0.3) is 0 Å². The molecule has 0 saturated carbocycles. The van der Waals surface area contributed by atoms with Crippen LogP contribution in [-0.4, -0.2) is 61.6 Å². The molecule has 9 heteroatoms. The first-order valence-corrected chi connectivity index (χ1v) is 9.10. The highest BCUT2D eigenvalue weighted by Crippen LogP contribution is 2.21. The van der Waals surface area contributed by atoms with Gasteiger partial charge in [0, 0.05) is 45.1 Å². The molecule has 0 radical (unpaired) electrons. The van der Waals surface area contributed by atoms with Gasteiger partial charge in [0.1, 0.15) is 0 Å². The van der Waals surface area contributed by atoms with Crippen LogP contribution >= 0.6 is 0 Å². The summed E-state index contributed by atoms with van der Waals surface area (Å²) in [5, 5.41) is 15.0. The quantitative estimate of drug-likeness (QED) is 0.566. The molecule has 1 saturated heterocycles. The van der Waals surface area contributed by atoms with Crippen LogP contribution in [0.15, 0.2) is 30.6 Å². The summed E-state index contributed by atoms with van der Waals surface area (Å²) in [7, 11) is 0. The van der Waals surface area contributed by atoms with E-state index in [0.29, 0.717) is 25.2 Å². The van der Waals surface area contributed by atoms with Crippen LogP contribution in [0.25, 0.3) is 0 Å². The van der Waals surface area contributed by atoms with Crippen LogP contribution in [0.2, 0.25) is 0 Å². The summed E-state index contributed by atoms with van der Waals surface area (Å²) >= 11 is 0. The van der Waals surface area contributed by atoms with Gasteiger partial charge >= 0.3 is 5.82 Å². The molecule has 9 nitrogen and oxygen atoms in total. The lowest BCUT2D eigenvalue weighted by molar-refractivity contribution is -0.389. The van der Waals surface area contributed by atoms with Gasteiger partial charge in [0.2, 0.25) is 5.91 Å². The Bertz CT molecular complexity index is 799. The third kappa shape index (κ3) is 4.30. The van der Waals surface area contributed by atoms with Gasteiger partial charge in [0.05, 0.1) is 16.9 Å². The van der Waals surface area contributed by atoms with E-state index in [9.17, 15) is 14.9 Å². The second kappa shape index (κ2) is 8.26. The fourth-order valence-corrected chi connectivity index (χ4v) is 3.41. The number of hydrogen-bond acceptors (Lipinski definition) is 6. The summed E-state index contributed by atoms with van der Waals surface area (Å²) in [6, 6.07) is 4.86. The molecule has 3 rings (SSSR count). The van der Waals surface area contributed by atoms with Crippen molar-refractivity contribution in [1.29, 1.82) is 0 Å². The summed E-state index contributed by atoms with van der Waals surface area (Å²) in [6.07, 6.45) is 4.15. The number of pyridine rings is 1. The molecule has 1 amide bonds. The van der Waals surface area contributed by atoms with Gasteiger partial charge in [0.15, 0.2) is 6.04 Å². The second-order valence-electron chi connectivity index (χ2n) is 6.73. The number of rotatable bonds is 6. The monoisotopic (exact) mass is 372 g/mol. The second-order valence-corrected chi connectivity index (χ2v) is 6.73. The van der Waals surface area contributed by atoms with Crippen molar-refractivity contribution in [2.45, 2.75) is 32.9 Å². The van der Waals surface area contributed by atoms with Gasteiger partial charge in [-0.15, -0.1) is 0 Å². The van der Waals surface area contributed by atoms with Crippen molar-refractivity contribution in [1.82, 2.24) is 24.6 Å². The lowest BCUT2D eigenvalue weighted by Crippen LogP contribution is -2.50. The van der Waals surface area contributed by atoms with Gasteiger partial charge in [-0.1, -0.05) is 13.0 Å². The number of carbonyl (C=O) groups is 1. The molecular formula is C18H24N6O3. The van der Waals surface area contributed by atoms with Crippen LogP contribution < -0.4 is 0 Å². The molecule has 0 aromatic carbocycles. The largest absolute Gasteiger partial charge is 0.390 e. The fraction of sp³-hybridized carbons (Fsp3) is 0.500. The smallest absolute Gasteiger partial charge is 0.358 e. The van der Waals surface area contributed by atoms with Crippen LogP contribution in [0.3, 0.4) is 0 Å². The molecule has 144 valence electrons. The Morgan fingerprint density at radius 2 is 2.07 bits per heavy atom. The molecule has 0 bridgehead atoms. The van der Waals surface area contributed by atoms with E-state index >= 15 is 0 Å². The zero-order valence-electron chi connectivity index (χ0n) is 15.6. The minimum absolute atomic E-state index is 0.0281. The van der Waals surface area contributed by atoms with Crippen LogP contribution in [0.1, 0.15) is 30.6 Å². The SMILES string of the molecule is CCC(C(=O)N1CCN(Cc2cccnc2)CC1)n1nc([N+](=O)[O-])cc1C. The normalized spacial score (nSPS) is 16.3. The lowest BCUT2D eigenvalue weighted by atomic mass is 10.1. The summed E-state index contributed by atoms with van der Waals surface area (Å²) < 4.78 is 1.49. The number of aryl methyl sites for hydroxylation is 1. The molecular weight excluding hydrogens is 348 g/mol.